The minimum absolute atomic E-state index is 0.211. The molecule has 0 bridgehead atoms. The van der Waals surface area contributed by atoms with E-state index in [1.54, 1.807) is 29.8 Å². The largest absolute Gasteiger partial charge is 0.370 e. The molecule has 230 valence electrons. The summed E-state index contributed by atoms with van der Waals surface area (Å²) in [5, 5.41) is 0.221. The molecule has 0 spiro atoms. The summed E-state index contributed by atoms with van der Waals surface area (Å²) in [6.07, 6.45) is 18.5. The van der Waals surface area contributed by atoms with Crippen molar-refractivity contribution in [1.29, 1.82) is 0 Å². The van der Waals surface area contributed by atoms with Gasteiger partial charge in [-0.2, -0.15) is 0 Å². The van der Waals surface area contributed by atoms with Crippen molar-refractivity contribution in [3.8, 4) is 0 Å². The molecule has 38 heavy (non-hydrogen) atoms. The van der Waals surface area contributed by atoms with Crippen molar-refractivity contribution in [2.75, 3.05) is 13.7 Å². The van der Waals surface area contributed by atoms with Crippen LogP contribution in [0.2, 0.25) is 0 Å². The lowest BCUT2D eigenvalue weighted by molar-refractivity contribution is -0.117. The highest BCUT2D eigenvalue weighted by atomic mass is 32.2. The van der Waals surface area contributed by atoms with Crippen LogP contribution in [0.3, 0.4) is 0 Å². The smallest absolute Gasteiger partial charge is 0.210 e. The van der Waals surface area contributed by atoms with E-state index in [-0.39, 0.29) is 11.5 Å². The molecule has 0 N–H and O–H groups in total. The van der Waals surface area contributed by atoms with E-state index in [1.165, 1.54) is 42.6 Å². The third kappa shape index (κ3) is 55.3. The molecule has 4 heteroatoms. The molecule has 3 nitrogen and oxygen atoms in total. The number of ether oxygens (including phenoxy) is 1. The Hall–Kier alpha value is -1.26. The highest BCUT2D eigenvalue weighted by Crippen LogP contribution is 2.26. The molecule has 0 radical (unpaired) electrons. The van der Waals surface area contributed by atoms with E-state index in [0.717, 1.165) is 25.7 Å². The third-order valence-electron chi connectivity index (χ3n) is 4.82. The maximum Gasteiger partial charge on any atom is 0.210 e. The van der Waals surface area contributed by atoms with Crippen LogP contribution in [0.4, 0.5) is 0 Å². The summed E-state index contributed by atoms with van der Waals surface area (Å²) >= 11 is 1.74. The van der Waals surface area contributed by atoms with Gasteiger partial charge in [-0.3, -0.25) is 4.79 Å². The molecular formula is C34H71NO2S. The third-order valence-corrected chi connectivity index (χ3v) is 6.19. The highest BCUT2D eigenvalue weighted by molar-refractivity contribution is 8.03. The fourth-order valence-corrected chi connectivity index (χ4v) is 2.59. The van der Waals surface area contributed by atoms with E-state index in [2.05, 4.69) is 82.4 Å². The molecule has 0 rings (SSSR count). The van der Waals surface area contributed by atoms with Crippen LogP contribution in [0.1, 0.15) is 141 Å². The lowest BCUT2D eigenvalue weighted by atomic mass is 10.2. The lowest BCUT2D eigenvalue weighted by Crippen LogP contribution is -2.24. The molecular weight excluding hydrogens is 486 g/mol. The first-order chi connectivity index (χ1) is 18.0. The molecule has 1 amide bonds. The lowest BCUT2D eigenvalue weighted by Gasteiger charge is -2.20. The van der Waals surface area contributed by atoms with Gasteiger partial charge in [0.1, 0.15) is 0 Å². The number of thioether (sulfide) groups is 1. The van der Waals surface area contributed by atoms with Gasteiger partial charge in [0.25, 0.3) is 0 Å². The Morgan fingerprint density at radius 1 is 0.868 bits per heavy atom. The van der Waals surface area contributed by atoms with E-state index >= 15 is 0 Å². The van der Waals surface area contributed by atoms with E-state index in [0.29, 0.717) is 6.61 Å². The van der Waals surface area contributed by atoms with Gasteiger partial charge in [0.05, 0.1) is 18.1 Å². The van der Waals surface area contributed by atoms with Crippen LogP contribution in [0.5, 0.6) is 0 Å². The molecule has 0 aliphatic carbocycles. The van der Waals surface area contributed by atoms with Crippen LogP contribution < -0.4 is 0 Å². The average molecular weight is 558 g/mol. The summed E-state index contributed by atoms with van der Waals surface area (Å²) in [5.41, 5.74) is 1.40. The Kier molecular flexibility index (Phi) is 63.7. The fraction of sp³-hybridized carbons (Fsp3) is 0.735. The van der Waals surface area contributed by atoms with E-state index in [4.69, 9.17) is 4.74 Å². The van der Waals surface area contributed by atoms with Crippen molar-refractivity contribution in [3.63, 3.8) is 0 Å². The van der Waals surface area contributed by atoms with Gasteiger partial charge < -0.3 is 9.64 Å². The predicted octanol–water partition coefficient (Wildman–Crippen LogP) is 12.0. The Labute approximate surface area is 246 Å². The normalized spacial score (nSPS) is 11.4. The summed E-state index contributed by atoms with van der Waals surface area (Å²) in [7, 11) is 1.80. The van der Waals surface area contributed by atoms with Crippen molar-refractivity contribution in [3.05, 3.63) is 47.9 Å². The number of amides is 1. The van der Waals surface area contributed by atoms with Crippen LogP contribution >= 0.6 is 11.8 Å². The monoisotopic (exact) mass is 558 g/mol. The van der Waals surface area contributed by atoms with Crippen LogP contribution in [0, 0.1) is 0 Å². The first-order valence-corrected chi connectivity index (χ1v) is 15.8. The van der Waals surface area contributed by atoms with Gasteiger partial charge in [-0.05, 0) is 52.4 Å². The van der Waals surface area contributed by atoms with Gasteiger partial charge in [-0.15, -0.1) is 24.9 Å². The van der Waals surface area contributed by atoms with Gasteiger partial charge in [-0.25, -0.2) is 0 Å². The molecule has 0 fully saturated rings. The first-order valence-electron chi connectivity index (χ1n) is 15.0. The van der Waals surface area contributed by atoms with E-state index < -0.39 is 0 Å². The minimum atomic E-state index is 0.211. The van der Waals surface area contributed by atoms with Crippen LogP contribution in [0.25, 0.3) is 0 Å². The summed E-state index contributed by atoms with van der Waals surface area (Å²) in [6.45, 7) is 35.4. The number of hydrogen-bond donors (Lipinski definition) is 0. The highest BCUT2D eigenvalue weighted by Gasteiger charge is 2.08. The van der Waals surface area contributed by atoms with Crippen molar-refractivity contribution >= 4 is 18.2 Å². The average Bonchev–Trinajstić information content (AvgIpc) is 2.95. The molecule has 0 aromatic carbocycles. The zero-order chi connectivity index (χ0) is 31.2. The predicted molar refractivity (Wildman–Crippen MR) is 182 cm³/mol. The SMILES string of the molecule is C/C=C\C.C=CCOC(C=C)CCC.CC/C(C)=C(\C)SC(C)N(C)C=O.CCC.CCCC.CCCC. The standard InChI is InChI=1S/C10H19NOS.C9H16O.2C4H10.C4H8.C3H8/c1-6-8(2)9(3)13-10(4)11(5)7-12;1-4-7-9(6-3)10-8-5-2;3*1-3-4-2;1-3-2/h7,10H,6H2,1-5H3;5-6,9H,2-4,7-8H2,1H3;2*3-4H2,1-2H3;3-4H,1-2H3;3H2,1-2H3/b9-8+;;;;4-3-;. The summed E-state index contributed by atoms with van der Waals surface area (Å²) in [5.74, 6) is 0. The first kappa shape index (κ1) is 49.7. The second-order valence-electron chi connectivity index (χ2n) is 8.74. The second-order valence-corrected chi connectivity index (χ2v) is 10.3. The van der Waals surface area contributed by atoms with Gasteiger partial charge in [0, 0.05) is 7.05 Å². The van der Waals surface area contributed by atoms with Crippen LogP contribution in [-0.4, -0.2) is 36.4 Å². The van der Waals surface area contributed by atoms with Gasteiger partial charge in [0.15, 0.2) is 0 Å². The quantitative estimate of drug-likeness (QED) is 0.128. The van der Waals surface area contributed by atoms with Crippen LogP contribution in [-0.2, 0) is 9.53 Å². The molecule has 0 heterocycles. The number of allylic oxidation sites excluding steroid dienone is 4. The molecule has 0 saturated carbocycles. The Morgan fingerprint density at radius 2 is 1.29 bits per heavy atom. The Morgan fingerprint density at radius 3 is 1.53 bits per heavy atom. The zero-order valence-electron chi connectivity index (χ0n) is 28.5. The topological polar surface area (TPSA) is 29.5 Å². The van der Waals surface area contributed by atoms with E-state index in [9.17, 15) is 4.79 Å². The molecule has 0 saturated heterocycles. The van der Waals surface area contributed by atoms with Gasteiger partial charge >= 0.3 is 0 Å². The van der Waals surface area contributed by atoms with Crippen molar-refractivity contribution < 1.29 is 9.53 Å². The fourth-order valence-electron chi connectivity index (χ4n) is 1.52. The van der Waals surface area contributed by atoms with Crippen molar-refractivity contribution in [1.82, 2.24) is 4.90 Å². The Balaban J connectivity index is -0.0000000899. The second kappa shape index (κ2) is 48.8. The minimum Gasteiger partial charge on any atom is -0.370 e. The number of rotatable bonds is 13. The summed E-state index contributed by atoms with van der Waals surface area (Å²) in [6, 6.07) is 0. The zero-order valence-corrected chi connectivity index (χ0v) is 29.3. The summed E-state index contributed by atoms with van der Waals surface area (Å²) < 4.78 is 5.34. The maximum absolute atomic E-state index is 10.5. The van der Waals surface area contributed by atoms with Gasteiger partial charge in [0.2, 0.25) is 6.41 Å². The number of hydrogen-bond acceptors (Lipinski definition) is 3. The number of nitrogens with zero attached hydrogens (tertiary/aromatic N) is 1. The molecule has 0 aromatic rings. The molecule has 2 unspecified atom stereocenters. The number of carbonyl (C=O) groups is 1. The maximum atomic E-state index is 10.5. The number of unbranched alkanes of at least 4 members (excludes halogenated alkanes) is 2. The van der Waals surface area contributed by atoms with E-state index in [1.807, 2.05) is 39.0 Å². The van der Waals surface area contributed by atoms with Crippen molar-refractivity contribution in [2.24, 2.45) is 0 Å². The number of carbonyl (C=O) groups excluding carboxylic acids is 1. The van der Waals surface area contributed by atoms with Crippen LogP contribution in [0.15, 0.2) is 47.9 Å². The molecule has 0 aliphatic heterocycles. The van der Waals surface area contributed by atoms with Gasteiger partial charge in [-0.1, -0.05) is 124 Å². The molecule has 0 aromatic heterocycles. The molecule has 2 atom stereocenters. The van der Waals surface area contributed by atoms with Crippen molar-refractivity contribution in [2.45, 2.75) is 153 Å². The summed E-state index contributed by atoms with van der Waals surface area (Å²) in [4.78, 5) is 13.5. The molecule has 0 aliphatic rings. The Bertz CT molecular complexity index is 489.